The van der Waals surface area contributed by atoms with Crippen LogP contribution in [0.3, 0.4) is 0 Å². The minimum absolute atomic E-state index is 0.222. The summed E-state index contributed by atoms with van der Waals surface area (Å²) in [5.41, 5.74) is 3.17. The molecule has 0 spiro atoms. The van der Waals surface area contributed by atoms with Gasteiger partial charge in [0.05, 0.1) is 17.8 Å². The molecular formula is C13H15N3O2S. The maximum Gasteiger partial charge on any atom is 0.240 e. The predicted molar refractivity (Wildman–Crippen MR) is 71.1 cm³/mol. The minimum atomic E-state index is -3.46. The maximum atomic E-state index is 12.2. The molecule has 6 heteroatoms. The summed E-state index contributed by atoms with van der Waals surface area (Å²) in [5, 5.41) is 0. The van der Waals surface area contributed by atoms with Crippen molar-refractivity contribution in [1.82, 2.24) is 14.7 Å². The van der Waals surface area contributed by atoms with E-state index >= 15 is 0 Å². The van der Waals surface area contributed by atoms with Crippen LogP contribution in [0.15, 0.2) is 35.6 Å². The zero-order valence-electron chi connectivity index (χ0n) is 10.4. The smallest absolute Gasteiger partial charge is 0.240 e. The van der Waals surface area contributed by atoms with Gasteiger partial charge in [0.25, 0.3) is 0 Å². The van der Waals surface area contributed by atoms with Crippen LogP contribution in [-0.4, -0.2) is 18.4 Å². The predicted octanol–water partition coefficient (Wildman–Crippen LogP) is 1.38. The zero-order valence-corrected chi connectivity index (χ0v) is 11.2. The molecule has 0 amide bonds. The summed E-state index contributed by atoms with van der Waals surface area (Å²) >= 11 is 0. The molecule has 0 atom stereocenters. The largest absolute Gasteiger partial charge is 0.347 e. The van der Waals surface area contributed by atoms with E-state index in [1.165, 1.54) is 11.9 Å². The number of sulfonamides is 1. The fourth-order valence-electron chi connectivity index (χ4n) is 2.35. The molecule has 5 nitrogen and oxygen atoms in total. The number of hydrogen-bond acceptors (Lipinski definition) is 3. The molecule has 0 fully saturated rings. The van der Waals surface area contributed by atoms with Crippen LogP contribution in [0.2, 0.25) is 0 Å². The molecule has 3 rings (SSSR count). The third-order valence-corrected chi connectivity index (χ3v) is 4.79. The zero-order chi connectivity index (χ0) is 13.3. The van der Waals surface area contributed by atoms with Crippen molar-refractivity contribution in [2.45, 2.75) is 30.7 Å². The molecule has 0 bridgehead atoms. The van der Waals surface area contributed by atoms with Gasteiger partial charge in [0, 0.05) is 11.9 Å². The molecule has 2 aromatic rings. The van der Waals surface area contributed by atoms with Gasteiger partial charge in [-0.2, -0.15) is 0 Å². The Hall–Kier alpha value is -1.66. The average Bonchev–Trinajstić information content (AvgIpc) is 3.06. The summed E-state index contributed by atoms with van der Waals surface area (Å²) in [7, 11) is -3.46. The van der Waals surface area contributed by atoms with Crippen LogP contribution in [0.5, 0.6) is 0 Å². The monoisotopic (exact) mass is 277 g/mol. The Morgan fingerprint density at radius 2 is 2.11 bits per heavy atom. The Kier molecular flexibility index (Phi) is 3.12. The molecule has 1 heterocycles. The topological polar surface area (TPSA) is 74.8 Å². The van der Waals surface area contributed by atoms with Crippen molar-refractivity contribution in [3.63, 3.8) is 0 Å². The van der Waals surface area contributed by atoms with Crippen molar-refractivity contribution < 1.29 is 8.42 Å². The Balaban J connectivity index is 1.80. The first-order valence-corrected chi connectivity index (χ1v) is 7.72. The van der Waals surface area contributed by atoms with Gasteiger partial charge in [-0.15, -0.1) is 0 Å². The lowest BCUT2D eigenvalue weighted by Crippen LogP contribution is -2.23. The van der Waals surface area contributed by atoms with Gasteiger partial charge in [0.2, 0.25) is 10.0 Å². The Labute approximate surface area is 112 Å². The normalized spacial score (nSPS) is 14.5. The number of H-pyrrole nitrogens is 1. The maximum absolute atomic E-state index is 12.2. The number of fused-ring (bicyclic) bond motifs is 1. The summed E-state index contributed by atoms with van der Waals surface area (Å²) in [4.78, 5) is 7.06. The molecular weight excluding hydrogens is 262 g/mol. The highest BCUT2D eigenvalue weighted by Crippen LogP contribution is 2.24. The van der Waals surface area contributed by atoms with Crippen molar-refractivity contribution >= 4 is 10.0 Å². The summed E-state index contributed by atoms with van der Waals surface area (Å²) in [6.45, 7) is 0.222. The number of aromatic amines is 1. The van der Waals surface area contributed by atoms with Crippen molar-refractivity contribution in [1.29, 1.82) is 0 Å². The first kappa shape index (κ1) is 12.4. The van der Waals surface area contributed by atoms with E-state index in [1.54, 1.807) is 18.3 Å². The summed E-state index contributed by atoms with van der Waals surface area (Å²) < 4.78 is 26.9. The van der Waals surface area contributed by atoms with E-state index in [4.69, 9.17) is 0 Å². The van der Waals surface area contributed by atoms with Crippen LogP contribution in [0.25, 0.3) is 0 Å². The van der Waals surface area contributed by atoms with E-state index in [2.05, 4.69) is 14.7 Å². The first-order valence-electron chi connectivity index (χ1n) is 6.24. The van der Waals surface area contributed by atoms with Crippen LogP contribution in [-0.2, 0) is 29.4 Å². The number of rotatable bonds is 4. The van der Waals surface area contributed by atoms with E-state index in [0.29, 0.717) is 4.90 Å². The quantitative estimate of drug-likeness (QED) is 0.886. The fraction of sp³-hybridized carbons (Fsp3) is 0.308. The summed E-state index contributed by atoms with van der Waals surface area (Å²) in [5.74, 6) is 0. The third-order valence-electron chi connectivity index (χ3n) is 3.39. The molecule has 0 saturated carbocycles. The number of imidazole rings is 1. The van der Waals surface area contributed by atoms with Gasteiger partial charge >= 0.3 is 0 Å². The molecule has 0 saturated heterocycles. The van der Waals surface area contributed by atoms with Crippen LogP contribution < -0.4 is 4.72 Å². The molecule has 0 radical (unpaired) electrons. The van der Waals surface area contributed by atoms with Gasteiger partial charge in [-0.25, -0.2) is 18.1 Å². The van der Waals surface area contributed by atoms with Gasteiger partial charge in [-0.1, -0.05) is 6.07 Å². The van der Waals surface area contributed by atoms with Gasteiger partial charge in [-0.3, -0.25) is 0 Å². The van der Waals surface area contributed by atoms with Gasteiger partial charge < -0.3 is 4.98 Å². The molecule has 1 aliphatic rings. The van der Waals surface area contributed by atoms with Crippen molar-refractivity contribution in [2.24, 2.45) is 0 Å². The number of hydrogen-bond donors (Lipinski definition) is 2. The van der Waals surface area contributed by atoms with E-state index in [9.17, 15) is 8.42 Å². The molecule has 0 aliphatic heterocycles. The number of benzene rings is 1. The molecule has 100 valence electrons. The van der Waals surface area contributed by atoms with E-state index in [0.717, 1.165) is 30.5 Å². The number of aromatic nitrogens is 2. The molecule has 19 heavy (non-hydrogen) atoms. The second kappa shape index (κ2) is 4.79. The summed E-state index contributed by atoms with van der Waals surface area (Å²) in [6, 6.07) is 5.39. The molecule has 0 unspecified atom stereocenters. The molecule has 1 aromatic heterocycles. The number of nitrogens with zero attached hydrogens (tertiary/aromatic N) is 1. The van der Waals surface area contributed by atoms with Gasteiger partial charge in [0.1, 0.15) is 0 Å². The first-order chi connectivity index (χ1) is 9.15. The minimum Gasteiger partial charge on any atom is -0.347 e. The fourth-order valence-corrected chi connectivity index (χ4v) is 3.41. The lowest BCUT2D eigenvalue weighted by Gasteiger charge is -2.07. The Morgan fingerprint density at radius 3 is 2.89 bits per heavy atom. The Morgan fingerprint density at radius 1 is 1.26 bits per heavy atom. The highest BCUT2D eigenvalue weighted by atomic mass is 32.2. The van der Waals surface area contributed by atoms with E-state index in [-0.39, 0.29) is 6.54 Å². The lowest BCUT2D eigenvalue weighted by atomic mass is 10.1. The Bertz CT molecular complexity index is 678. The average molecular weight is 277 g/mol. The van der Waals surface area contributed by atoms with Gasteiger partial charge in [0.15, 0.2) is 0 Å². The van der Waals surface area contributed by atoms with Crippen LogP contribution in [0.1, 0.15) is 23.2 Å². The lowest BCUT2D eigenvalue weighted by molar-refractivity contribution is 0.580. The second-order valence-corrected chi connectivity index (χ2v) is 6.45. The number of nitrogens with one attached hydrogen (secondary N) is 2. The third kappa shape index (κ3) is 2.54. The van der Waals surface area contributed by atoms with Crippen LogP contribution in [0, 0.1) is 0 Å². The highest BCUT2D eigenvalue weighted by molar-refractivity contribution is 7.89. The summed E-state index contributed by atoms with van der Waals surface area (Å²) in [6.07, 6.45) is 6.27. The van der Waals surface area contributed by atoms with E-state index in [1.807, 2.05) is 6.07 Å². The second-order valence-electron chi connectivity index (χ2n) is 4.69. The van der Waals surface area contributed by atoms with Crippen molar-refractivity contribution in [2.75, 3.05) is 0 Å². The van der Waals surface area contributed by atoms with Crippen LogP contribution in [0.4, 0.5) is 0 Å². The van der Waals surface area contributed by atoms with Gasteiger partial charge in [-0.05, 0) is 42.5 Å². The van der Waals surface area contributed by atoms with E-state index < -0.39 is 10.0 Å². The molecule has 1 aromatic carbocycles. The van der Waals surface area contributed by atoms with Crippen molar-refractivity contribution in [3.05, 3.63) is 47.5 Å². The SMILES string of the molecule is O=S(=O)(NCc1cnc[nH]1)c1ccc2c(c1)CCC2. The molecule has 1 aliphatic carbocycles. The molecule has 2 N–H and O–H groups in total. The van der Waals surface area contributed by atoms with Crippen molar-refractivity contribution in [3.8, 4) is 0 Å². The van der Waals surface area contributed by atoms with Crippen LogP contribution >= 0.6 is 0 Å². The number of aryl methyl sites for hydroxylation is 2. The standard InChI is InChI=1S/C13H15N3O2S/c17-19(18,16-8-12-7-14-9-15-12)13-5-4-10-2-1-3-11(10)6-13/h4-7,9,16H,1-3,8H2,(H,14,15). The highest BCUT2D eigenvalue weighted by Gasteiger charge is 2.18.